The predicted molar refractivity (Wildman–Crippen MR) is 122 cm³/mol. The van der Waals surface area contributed by atoms with E-state index in [-0.39, 0.29) is 11.9 Å². The number of hydrogen-bond donors (Lipinski definition) is 0. The largest absolute Gasteiger partial charge is 0.426 e. The second kappa shape index (κ2) is 10.5. The Kier molecular flexibility index (Phi) is 6.99. The number of hydrogen-bond acceptors (Lipinski definition) is 4. The lowest BCUT2D eigenvalue weighted by atomic mass is 9.89. The zero-order valence-electron chi connectivity index (χ0n) is 17.8. The van der Waals surface area contributed by atoms with Crippen molar-refractivity contribution in [2.75, 3.05) is 0 Å². The van der Waals surface area contributed by atoms with Gasteiger partial charge in [-0.1, -0.05) is 49.3 Å². The minimum atomic E-state index is -0.408. The molecule has 4 nitrogen and oxygen atoms in total. The number of benzene rings is 3. The van der Waals surface area contributed by atoms with Crippen molar-refractivity contribution < 1.29 is 19.1 Å². The van der Waals surface area contributed by atoms with Gasteiger partial charge < -0.3 is 9.47 Å². The highest BCUT2D eigenvalue weighted by molar-refractivity contribution is 5.91. The lowest BCUT2D eigenvalue weighted by molar-refractivity contribution is -0.139. The Balaban J connectivity index is 1.33. The molecule has 0 aliphatic heterocycles. The summed E-state index contributed by atoms with van der Waals surface area (Å²) in [4.78, 5) is 24.5. The van der Waals surface area contributed by atoms with Crippen molar-refractivity contribution in [1.29, 1.82) is 0 Å². The van der Waals surface area contributed by atoms with Crippen LogP contribution in [0.25, 0.3) is 0 Å². The first-order valence-corrected chi connectivity index (χ1v) is 10.9. The fraction of sp³-hybridized carbons (Fsp3) is 0.214. The van der Waals surface area contributed by atoms with Crippen LogP contribution in [0.3, 0.4) is 0 Å². The molecule has 160 valence electrons. The van der Waals surface area contributed by atoms with E-state index in [1.165, 1.54) is 6.42 Å². The van der Waals surface area contributed by atoms with Crippen LogP contribution in [0.5, 0.6) is 11.5 Å². The molecule has 1 aliphatic rings. The summed E-state index contributed by atoms with van der Waals surface area (Å²) >= 11 is 0. The molecule has 1 fully saturated rings. The third kappa shape index (κ3) is 5.86. The fourth-order valence-electron chi connectivity index (χ4n) is 3.63. The molecular weight excluding hydrogens is 400 g/mol. The Bertz CT molecular complexity index is 1110. The van der Waals surface area contributed by atoms with Crippen LogP contribution in [0.4, 0.5) is 0 Å². The van der Waals surface area contributed by atoms with Gasteiger partial charge in [-0.3, -0.25) is 4.79 Å². The summed E-state index contributed by atoms with van der Waals surface area (Å²) in [5, 5.41) is 0. The molecule has 0 unspecified atom stereocenters. The van der Waals surface area contributed by atoms with Crippen LogP contribution in [0.15, 0.2) is 78.9 Å². The quantitative estimate of drug-likeness (QED) is 0.302. The van der Waals surface area contributed by atoms with Crippen molar-refractivity contribution in [1.82, 2.24) is 0 Å². The molecule has 0 N–H and O–H groups in total. The standard InChI is InChI=1S/C28H24O4/c29-27(23-7-3-1-4-8-23)32-26-19-15-22(16-20-26)12-11-21-13-17-24(18-14-21)28(30)31-25-9-5-2-6-10-25/h2,5-6,9-10,13-20,23H,1,3-4,7-8H2. The zero-order chi connectivity index (χ0) is 22.2. The maximum absolute atomic E-state index is 12.3. The van der Waals surface area contributed by atoms with E-state index in [9.17, 15) is 9.59 Å². The first-order valence-electron chi connectivity index (χ1n) is 10.9. The molecule has 32 heavy (non-hydrogen) atoms. The topological polar surface area (TPSA) is 52.6 Å². The molecule has 0 atom stereocenters. The van der Waals surface area contributed by atoms with Gasteiger partial charge in [-0.25, -0.2) is 4.79 Å². The molecule has 0 amide bonds. The Morgan fingerprint density at radius 2 is 1.22 bits per heavy atom. The second-order valence-electron chi connectivity index (χ2n) is 7.81. The molecule has 4 rings (SSSR count). The number of ether oxygens (including phenoxy) is 2. The first-order chi connectivity index (χ1) is 15.7. The van der Waals surface area contributed by atoms with E-state index in [2.05, 4.69) is 11.8 Å². The van der Waals surface area contributed by atoms with Gasteiger partial charge in [0, 0.05) is 11.1 Å². The summed E-state index contributed by atoms with van der Waals surface area (Å²) in [7, 11) is 0. The Labute approximate surface area is 188 Å². The molecule has 1 saturated carbocycles. The third-order valence-corrected chi connectivity index (χ3v) is 5.44. The minimum absolute atomic E-state index is 0.0242. The molecule has 3 aromatic carbocycles. The molecule has 0 heterocycles. The average molecular weight is 424 g/mol. The minimum Gasteiger partial charge on any atom is -0.426 e. The molecule has 3 aromatic rings. The smallest absolute Gasteiger partial charge is 0.343 e. The van der Waals surface area contributed by atoms with Crippen LogP contribution in [0.2, 0.25) is 0 Å². The molecule has 0 spiro atoms. The van der Waals surface area contributed by atoms with Crippen LogP contribution in [0.1, 0.15) is 53.6 Å². The van der Waals surface area contributed by atoms with Crippen molar-refractivity contribution >= 4 is 11.9 Å². The molecule has 0 aromatic heterocycles. The lowest BCUT2D eigenvalue weighted by Gasteiger charge is -2.19. The second-order valence-corrected chi connectivity index (χ2v) is 7.81. The van der Waals surface area contributed by atoms with Crippen molar-refractivity contribution in [2.45, 2.75) is 32.1 Å². The fourth-order valence-corrected chi connectivity index (χ4v) is 3.63. The van der Waals surface area contributed by atoms with Crippen molar-refractivity contribution in [3.63, 3.8) is 0 Å². The Morgan fingerprint density at radius 3 is 1.84 bits per heavy atom. The van der Waals surface area contributed by atoms with E-state index in [1.54, 1.807) is 48.5 Å². The van der Waals surface area contributed by atoms with Crippen LogP contribution >= 0.6 is 0 Å². The zero-order valence-corrected chi connectivity index (χ0v) is 17.8. The van der Waals surface area contributed by atoms with Crippen molar-refractivity contribution in [3.8, 4) is 23.3 Å². The monoisotopic (exact) mass is 424 g/mol. The first kappa shape index (κ1) is 21.4. The molecule has 0 saturated heterocycles. The Morgan fingerprint density at radius 1 is 0.656 bits per heavy atom. The van der Waals surface area contributed by atoms with Crippen LogP contribution in [-0.2, 0) is 4.79 Å². The molecule has 1 aliphatic carbocycles. The summed E-state index contributed by atoms with van der Waals surface area (Å²) in [6.07, 6.45) is 5.25. The van der Waals surface area contributed by atoms with E-state index in [0.29, 0.717) is 17.1 Å². The number of carbonyl (C=O) groups excluding carboxylic acids is 2. The highest BCUT2D eigenvalue weighted by Gasteiger charge is 2.22. The normalized spacial score (nSPS) is 13.5. The van der Waals surface area contributed by atoms with E-state index in [4.69, 9.17) is 9.47 Å². The maximum Gasteiger partial charge on any atom is 0.343 e. The summed E-state index contributed by atoms with van der Waals surface area (Å²) < 4.78 is 10.9. The van der Waals surface area contributed by atoms with Gasteiger partial charge in [-0.2, -0.15) is 0 Å². The predicted octanol–water partition coefficient (Wildman–Crippen LogP) is 5.79. The van der Waals surface area contributed by atoms with Gasteiger partial charge in [0.2, 0.25) is 0 Å². The van der Waals surface area contributed by atoms with Gasteiger partial charge in [0.15, 0.2) is 0 Å². The summed E-state index contributed by atoms with van der Waals surface area (Å²) in [6, 6.07) is 23.1. The summed E-state index contributed by atoms with van der Waals surface area (Å²) in [5.74, 6) is 6.71. The van der Waals surface area contributed by atoms with Crippen molar-refractivity contribution in [3.05, 3.63) is 95.6 Å². The Hall–Kier alpha value is -3.84. The molecule has 0 radical (unpaired) electrons. The number of rotatable bonds is 4. The van der Waals surface area contributed by atoms with Crippen LogP contribution < -0.4 is 9.47 Å². The highest BCUT2D eigenvalue weighted by Crippen LogP contribution is 2.25. The molecular formula is C28H24O4. The van der Waals surface area contributed by atoms with E-state index in [1.807, 2.05) is 30.3 Å². The lowest BCUT2D eigenvalue weighted by Crippen LogP contribution is -2.22. The summed E-state index contributed by atoms with van der Waals surface area (Å²) in [6.45, 7) is 0. The third-order valence-electron chi connectivity index (χ3n) is 5.44. The van der Waals surface area contributed by atoms with Crippen LogP contribution in [-0.4, -0.2) is 11.9 Å². The highest BCUT2D eigenvalue weighted by atomic mass is 16.5. The van der Waals surface area contributed by atoms with Crippen LogP contribution in [0, 0.1) is 17.8 Å². The average Bonchev–Trinajstić information content (AvgIpc) is 2.85. The van der Waals surface area contributed by atoms with Gasteiger partial charge >= 0.3 is 11.9 Å². The van der Waals surface area contributed by atoms with Gasteiger partial charge in [0.1, 0.15) is 11.5 Å². The maximum atomic E-state index is 12.3. The van der Waals surface area contributed by atoms with E-state index in [0.717, 1.165) is 36.8 Å². The molecule has 0 bridgehead atoms. The van der Waals surface area contributed by atoms with E-state index >= 15 is 0 Å². The van der Waals surface area contributed by atoms with Gasteiger partial charge in [0.25, 0.3) is 0 Å². The van der Waals surface area contributed by atoms with Gasteiger partial charge in [-0.15, -0.1) is 0 Å². The number of para-hydroxylation sites is 1. The number of esters is 2. The van der Waals surface area contributed by atoms with Crippen molar-refractivity contribution in [2.24, 2.45) is 5.92 Å². The molecule has 4 heteroatoms. The number of carbonyl (C=O) groups is 2. The summed E-state index contributed by atoms with van der Waals surface area (Å²) in [5.41, 5.74) is 2.06. The van der Waals surface area contributed by atoms with Gasteiger partial charge in [-0.05, 0) is 73.5 Å². The SMILES string of the molecule is O=C(Oc1ccccc1)c1ccc(C#Cc2ccc(OC(=O)C3CCCCC3)cc2)cc1. The van der Waals surface area contributed by atoms with Gasteiger partial charge in [0.05, 0.1) is 11.5 Å². The van der Waals surface area contributed by atoms with E-state index < -0.39 is 5.97 Å².